The number of halogens is 3. The SMILES string of the molecule is CCc1cccc2c1C[C@@H]1CNCCN1C2=O.O=CC(F)(F)F. The maximum atomic E-state index is 12.4. The predicted molar refractivity (Wildman–Crippen MR) is 79.3 cm³/mol. The summed E-state index contributed by atoms with van der Waals surface area (Å²) in [5.41, 5.74) is 3.55. The molecule has 3 rings (SSSR count). The van der Waals surface area contributed by atoms with Gasteiger partial charge in [0.15, 0.2) is 0 Å². The molecule has 0 aromatic heterocycles. The predicted octanol–water partition coefficient (Wildman–Crippen LogP) is 1.97. The topological polar surface area (TPSA) is 49.4 Å². The van der Waals surface area contributed by atoms with E-state index in [4.69, 9.17) is 4.79 Å². The van der Waals surface area contributed by atoms with Crippen LogP contribution in [0.4, 0.5) is 13.2 Å². The number of fused-ring (bicyclic) bond motifs is 2. The zero-order valence-corrected chi connectivity index (χ0v) is 12.8. The van der Waals surface area contributed by atoms with E-state index in [0.717, 1.165) is 38.0 Å². The van der Waals surface area contributed by atoms with Crippen LogP contribution in [0, 0.1) is 0 Å². The van der Waals surface area contributed by atoms with E-state index in [1.54, 1.807) is 0 Å². The molecule has 1 atom stereocenters. The zero-order chi connectivity index (χ0) is 17.0. The van der Waals surface area contributed by atoms with Crippen LogP contribution in [0.3, 0.4) is 0 Å². The van der Waals surface area contributed by atoms with E-state index >= 15 is 0 Å². The fourth-order valence-electron chi connectivity index (χ4n) is 3.01. The Labute approximate surface area is 132 Å². The largest absolute Gasteiger partial charge is 0.446 e. The highest BCUT2D eigenvalue weighted by Gasteiger charge is 2.34. The van der Waals surface area contributed by atoms with Crippen molar-refractivity contribution in [3.8, 4) is 0 Å². The van der Waals surface area contributed by atoms with Gasteiger partial charge in [0.2, 0.25) is 6.29 Å². The molecule has 126 valence electrons. The van der Waals surface area contributed by atoms with E-state index in [2.05, 4.69) is 18.3 Å². The van der Waals surface area contributed by atoms with Crippen LogP contribution in [0.5, 0.6) is 0 Å². The number of nitrogens with one attached hydrogen (secondary N) is 1. The third-order valence-electron chi connectivity index (χ3n) is 4.07. The van der Waals surface area contributed by atoms with Crippen LogP contribution in [-0.2, 0) is 17.6 Å². The average Bonchev–Trinajstić information content (AvgIpc) is 2.54. The minimum atomic E-state index is -4.64. The highest BCUT2D eigenvalue weighted by atomic mass is 19.4. The Kier molecular flexibility index (Phi) is 5.41. The van der Waals surface area contributed by atoms with Crippen LogP contribution in [-0.4, -0.2) is 48.9 Å². The molecule has 0 unspecified atom stereocenters. The van der Waals surface area contributed by atoms with Gasteiger partial charge in [-0.05, 0) is 30.0 Å². The Bertz CT molecular complexity index is 587. The summed E-state index contributed by atoms with van der Waals surface area (Å²) in [5.74, 6) is 0.230. The molecular weight excluding hydrogens is 309 g/mol. The van der Waals surface area contributed by atoms with Crippen molar-refractivity contribution in [2.24, 2.45) is 0 Å². The summed E-state index contributed by atoms with van der Waals surface area (Å²) in [7, 11) is 0. The summed E-state index contributed by atoms with van der Waals surface area (Å²) in [6.45, 7) is 4.86. The molecule has 1 aromatic carbocycles. The monoisotopic (exact) mass is 328 g/mol. The van der Waals surface area contributed by atoms with E-state index < -0.39 is 12.5 Å². The highest BCUT2D eigenvalue weighted by Crippen LogP contribution is 2.27. The molecule has 0 spiro atoms. The number of piperazine rings is 1. The normalized spacial score (nSPS) is 20.1. The number of alkyl halides is 3. The number of hydrogen-bond donors (Lipinski definition) is 1. The molecule has 1 fully saturated rings. The lowest BCUT2D eigenvalue weighted by Gasteiger charge is -2.40. The molecule has 4 nitrogen and oxygen atoms in total. The lowest BCUT2D eigenvalue weighted by molar-refractivity contribution is -0.156. The van der Waals surface area contributed by atoms with E-state index in [0.29, 0.717) is 6.04 Å². The first-order valence-electron chi connectivity index (χ1n) is 7.53. The van der Waals surface area contributed by atoms with Gasteiger partial charge in [-0.2, -0.15) is 13.2 Å². The van der Waals surface area contributed by atoms with E-state index in [9.17, 15) is 18.0 Å². The van der Waals surface area contributed by atoms with Gasteiger partial charge in [0.1, 0.15) is 0 Å². The molecule has 23 heavy (non-hydrogen) atoms. The maximum absolute atomic E-state index is 12.4. The summed E-state index contributed by atoms with van der Waals surface area (Å²) in [4.78, 5) is 23.2. The standard InChI is InChI=1S/C14H18N2O.C2HF3O/c1-2-10-4-3-5-12-13(10)8-11-9-15-6-7-16(11)14(12)17;3-2(4,5)1-6/h3-5,11,15H,2,6-9H2,1H3;1H/t11-;/m1./s1. The fourth-order valence-corrected chi connectivity index (χ4v) is 3.01. The maximum Gasteiger partial charge on any atom is 0.446 e. The minimum Gasteiger partial charge on any atom is -0.333 e. The minimum absolute atomic E-state index is 0.230. The number of rotatable bonds is 1. The van der Waals surface area contributed by atoms with Crippen LogP contribution in [0.1, 0.15) is 28.4 Å². The lowest BCUT2D eigenvalue weighted by atomic mass is 9.88. The Hall–Kier alpha value is -1.89. The van der Waals surface area contributed by atoms with Crippen molar-refractivity contribution >= 4 is 12.2 Å². The molecule has 2 aliphatic rings. The molecule has 1 saturated heterocycles. The first kappa shape index (κ1) is 17.5. The van der Waals surface area contributed by atoms with Crippen molar-refractivity contribution in [2.45, 2.75) is 32.0 Å². The zero-order valence-electron chi connectivity index (χ0n) is 12.8. The second kappa shape index (κ2) is 7.12. The Morgan fingerprint density at radius 1 is 1.39 bits per heavy atom. The molecule has 1 N–H and O–H groups in total. The highest BCUT2D eigenvalue weighted by molar-refractivity contribution is 5.97. The quantitative estimate of drug-likeness (QED) is 0.802. The van der Waals surface area contributed by atoms with Crippen molar-refractivity contribution < 1.29 is 22.8 Å². The molecule has 0 radical (unpaired) electrons. The van der Waals surface area contributed by atoms with E-state index in [-0.39, 0.29) is 5.91 Å². The van der Waals surface area contributed by atoms with Gasteiger partial charge in [-0.1, -0.05) is 19.1 Å². The van der Waals surface area contributed by atoms with E-state index in [1.165, 1.54) is 11.1 Å². The smallest absolute Gasteiger partial charge is 0.333 e. The van der Waals surface area contributed by atoms with Gasteiger partial charge in [-0.15, -0.1) is 0 Å². The molecule has 2 heterocycles. The number of aldehydes is 1. The molecule has 0 bridgehead atoms. The number of benzene rings is 1. The van der Waals surface area contributed by atoms with Crippen LogP contribution in [0.2, 0.25) is 0 Å². The van der Waals surface area contributed by atoms with E-state index in [1.807, 2.05) is 17.0 Å². The van der Waals surface area contributed by atoms with Gasteiger partial charge < -0.3 is 10.2 Å². The number of hydrogen-bond acceptors (Lipinski definition) is 3. The Balaban J connectivity index is 0.000000277. The lowest BCUT2D eigenvalue weighted by Crippen LogP contribution is -2.56. The second-order valence-electron chi connectivity index (χ2n) is 5.52. The summed E-state index contributed by atoms with van der Waals surface area (Å²) in [5, 5.41) is 3.38. The van der Waals surface area contributed by atoms with Gasteiger partial charge in [-0.25, -0.2) is 0 Å². The molecule has 0 aliphatic carbocycles. The first-order chi connectivity index (χ1) is 10.9. The third-order valence-corrected chi connectivity index (χ3v) is 4.07. The van der Waals surface area contributed by atoms with Crippen LogP contribution < -0.4 is 5.32 Å². The Morgan fingerprint density at radius 3 is 2.70 bits per heavy atom. The van der Waals surface area contributed by atoms with Crippen molar-refractivity contribution in [3.05, 3.63) is 34.9 Å². The molecule has 7 heteroatoms. The van der Waals surface area contributed by atoms with Crippen molar-refractivity contribution in [1.82, 2.24) is 10.2 Å². The first-order valence-corrected chi connectivity index (χ1v) is 7.53. The average molecular weight is 328 g/mol. The molecular formula is C16H19F3N2O2. The van der Waals surface area contributed by atoms with Gasteiger partial charge in [0.25, 0.3) is 5.91 Å². The molecule has 2 aliphatic heterocycles. The van der Waals surface area contributed by atoms with Crippen molar-refractivity contribution in [2.75, 3.05) is 19.6 Å². The third kappa shape index (κ3) is 4.10. The molecule has 0 saturated carbocycles. The fraction of sp³-hybridized carbons (Fsp3) is 0.500. The van der Waals surface area contributed by atoms with Gasteiger partial charge in [-0.3, -0.25) is 9.59 Å². The molecule has 1 aromatic rings. The second-order valence-corrected chi connectivity index (χ2v) is 5.52. The summed E-state index contributed by atoms with van der Waals surface area (Å²) in [6.07, 6.45) is -3.68. The Morgan fingerprint density at radius 2 is 2.09 bits per heavy atom. The number of amides is 1. The number of carbonyl (C=O) groups excluding carboxylic acids is 2. The number of nitrogens with zero attached hydrogens (tertiary/aromatic N) is 1. The van der Waals surface area contributed by atoms with Crippen LogP contribution in [0.25, 0.3) is 0 Å². The molecule has 1 amide bonds. The van der Waals surface area contributed by atoms with Gasteiger partial charge in [0, 0.05) is 31.2 Å². The summed E-state index contributed by atoms with van der Waals surface area (Å²) >= 11 is 0. The van der Waals surface area contributed by atoms with Crippen molar-refractivity contribution in [1.29, 1.82) is 0 Å². The number of aryl methyl sites for hydroxylation is 1. The van der Waals surface area contributed by atoms with Gasteiger partial charge >= 0.3 is 6.18 Å². The van der Waals surface area contributed by atoms with Crippen molar-refractivity contribution in [3.63, 3.8) is 0 Å². The van der Waals surface area contributed by atoms with Gasteiger partial charge in [0.05, 0.1) is 0 Å². The number of carbonyl (C=O) groups is 2. The van der Waals surface area contributed by atoms with Crippen LogP contribution >= 0.6 is 0 Å². The summed E-state index contributed by atoms with van der Waals surface area (Å²) < 4.78 is 31.2. The summed E-state index contributed by atoms with van der Waals surface area (Å²) in [6, 6.07) is 6.50. The van der Waals surface area contributed by atoms with Crippen LogP contribution in [0.15, 0.2) is 18.2 Å².